The van der Waals surface area contributed by atoms with Crippen molar-refractivity contribution in [3.8, 4) is 5.75 Å². The monoisotopic (exact) mass is 300 g/mol. The van der Waals surface area contributed by atoms with Gasteiger partial charge in [-0.15, -0.1) is 0 Å². The van der Waals surface area contributed by atoms with Crippen molar-refractivity contribution in [1.82, 2.24) is 0 Å². The SMILES string of the molecule is OCc1ccc(OCc2cc(Cl)ccc2F)c(Cl)c1. The minimum absolute atomic E-state index is 0.0323. The van der Waals surface area contributed by atoms with E-state index in [1.807, 2.05) is 0 Å². The highest BCUT2D eigenvalue weighted by Crippen LogP contribution is 2.27. The Morgan fingerprint density at radius 2 is 1.89 bits per heavy atom. The van der Waals surface area contributed by atoms with E-state index in [1.54, 1.807) is 18.2 Å². The van der Waals surface area contributed by atoms with Crippen LogP contribution in [0.25, 0.3) is 0 Å². The van der Waals surface area contributed by atoms with E-state index in [2.05, 4.69) is 0 Å². The van der Waals surface area contributed by atoms with E-state index in [4.69, 9.17) is 33.0 Å². The summed E-state index contributed by atoms with van der Waals surface area (Å²) in [6.45, 7) is -0.0620. The number of aliphatic hydroxyl groups excluding tert-OH is 1. The lowest BCUT2D eigenvalue weighted by atomic mass is 10.2. The van der Waals surface area contributed by atoms with E-state index in [0.29, 0.717) is 26.9 Å². The third kappa shape index (κ3) is 3.60. The van der Waals surface area contributed by atoms with Crippen molar-refractivity contribution in [3.05, 3.63) is 63.4 Å². The van der Waals surface area contributed by atoms with E-state index >= 15 is 0 Å². The van der Waals surface area contributed by atoms with Crippen LogP contribution >= 0.6 is 23.2 Å². The summed E-state index contributed by atoms with van der Waals surface area (Å²) in [6, 6.07) is 9.20. The van der Waals surface area contributed by atoms with Crippen LogP contribution in [0.5, 0.6) is 5.75 Å². The Morgan fingerprint density at radius 1 is 1.11 bits per heavy atom. The van der Waals surface area contributed by atoms with Gasteiger partial charge in [0, 0.05) is 10.6 Å². The van der Waals surface area contributed by atoms with Crippen molar-refractivity contribution in [2.75, 3.05) is 0 Å². The summed E-state index contributed by atoms with van der Waals surface area (Å²) < 4.78 is 18.9. The van der Waals surface area contributed by atoms with Crippen LogP contribution in [0.15, 0.2) is 36.4 Å². The van der Waals surface area contributed by atoms with Crippen molar-refractivity contribution >= 4 is 23.2 Å². The van der Waals surface area contributed by atoms with Crippen LogP contribution in [0.1, 0.15) is 11.1 Å². The van der Waals surface area contributed by atoms with Crippen molar-refractivity contribution in [2.45, 2.75) is 13.2 Å². The van der Waals surface area contributed by atoms with Gasteiger partial charge in [0.1, 0.15) is 18.2 Å². The summed E-state index contributed by atoms with van der Waals surface area (Å²) >= 11 is 11.8. The Morgan fingerprint density at radius 3 is 2.58 bits per heavy atom. The van der Waals surface area contributed by atoms with E-state index in [0.717, 1.165) is 0 Å². The van der Waals surface area contributed by atoms with Gasteiger partial charge in [0.15, 0.2) is 0 Å². The molecule has 0 radical (unpaired) electrons. The first-order valence-corrected chi connectivity index (χ1v) is 6.32. The molecule has 0 fully saturated rings. The van der Waals surface area contributed by atoms with Crippen molar-refractivity contribution in [2.24, 2.45) is 0 Å². The minimum atomic E-state index is -0.382. The number of rotatable bonds is 4. The molecule has 0 aliphatic rings. The second kappa shape index (κ2) is 6.24. The molecule has 0 bridgehead atoms. The fraction of sp³-hybridized carbons (Fsp3) is 0.143. The van der Waals surface area contributed by atoms with Gasteiger partial charge in [0.25, 0.3) is 0 Å². The highest BCUT2D eigenvalue weighted by Gasteiger charge is 2.07. The summed E-state index contributed by atoms with van der Waals surface area (Å²) in [5.74, 6) is 0.0470. The average Bonchev–Trinajstić information content (AvgIpc) is 2.40. The lowest BCUT2D eigenvalue weighted by molar-refractivity contribution is 0.280. The van der Waals surface area contributed by atoms with Crippen LogP contribution in [0.3, 0.4) is 0 Å². The van der Waals surface area contributed by atoms with Crippen LogP contribution in [-0.2, 0) is 13.2 Å². The van der Waals surface area contributed by atoms with E-state index in [9.17, 15) is 4.39 Å². The number of benzene rings is 2. The van der Waals surface area contributed by atoms with Gasteiger partial charge in [-0.25, -0.2) is 4.39 Å². The summed E-state index contributed by atoms with van der Waals surface area (Å²) in [6.07, 6.45) is 0. The van der Waals surface area contributed by atoms with E-state index in [1.165, 1.54) is 18.2 Å². The van der Waals surface area contributed by atoms with Crippen LogP contribution in [-0.4, -0.2) is 5.11 Å². The van der Waals surface area contributed by atoms with Crippen molar-refractivity contribution in [3.63, 3.8) is 0 Å². The van der Waals surface area contributed by atoms with E-state index in [-0.39, 0.29) is 19.0 Å². The lowest BCUT2D eigenvalue weighted by Gasteiger charge is -2.10. The van der Waals surface area contributed by atoms with Gasteiger partial charge in [-0.2, -0.15) is 0 Å². The predicted molar refractivity (Wildman–Crippen MR) is 73.1 cm³/mol. The van der Waals surface area contributed by atoms with Gasteiger partial charge in [0.05, 0.1) is 11.6 Å². The Kier molecular flexibility index (Phi) is 4.64. The van der Waals surface area contributed by atoms with Gasteiger partial charge in [-0.3, -0.25) is 0 Å². The zero-order chi connectivity index (χ0) is 13.8. The molecule has 0 aliphatic carbocycles. The van der Waals surface area contributed by atoms with E-state index < -0.39 is 0 Å². The molecule has 0 aliphatic heterocycles. The molecule has 0 unspecified atom stereocenters. The van der Waals surface area contributed by atoms with Crippen molar-refractivity contribution < 1.29 is 14.2 Å². The Bertz CT molecular complexity index is 588. The van der Waals surface area contributed by atoms with Gasteiger partial charge < -0.3 is 9.84 Å². The molecule has 0 amide bonds. The second-order valence-corrected chi connectivity index (χ2v) is 4.79. The first-order valence-electron chi connectivity index (χ1n) is 5.56. The topological polar surface area (TPSA) is 29.5 Å². The maximum Gasteiger partial charge on any atom is 0.138 e. The number of halogens is 3. The summed E-state index contributed by atoms with van der Waals surface area (Å²) in [7, 11) is 0. The van der Waals surface area contributed by atoms with Crippen LogP contribution in [0.4, 0.5) is 4.39 Å². The van der Waals surface area contributed by atoms with Crippen LogP contribution in [0.2, 0.25) is 10.0 Å². The van der Waals surface area contributed by atoms with Gasteiger partial charge in [-0.05, 0) is 35.9 Å². The highest BCUT2D eigenvalue weighted by atomic mass is 35.5. The molecule has 2 rings (SSSR count). The standard InChI is InChI=1S/C14H11Cl2FO2/c15-11-2-3-13(17)10(6-11)8-19-14-4-1-9(7-18)5-12(14)16/h1-6,18H,7-8H2. The molecule has 0 aromatic heterocycles. The zero-order valence-corrected chi connectivity index (χ0v) is 11.4. The smallest absolute Gasteiger partial charge is 0.138 e. The number of hydrogen-bond acceptors (Lipinski definition) is 2. The molecular formula is C14H11Cl2FO2. The second-order valence-electron chi connectivity index (χ2n) is 3.95. The third-order valence-electron chi connectivity index (χ3n) is 2.57. The quantitative estimate of drug-likeness (QED) is 0.917. The summed E-state index contributed by atoms with van der Waals surface area (Å²) in [5.41, 5.74) is 1.04. The normalized spacial score (nSPS) is 10.5. The molecular weight excluding hydrogens is 290 g/mol. The fourth-order valence-corrected chi connectivity index (χ4v) is 2.02. The molecule has 0 saturated carbocycles. The molecule has 1 N–H and O–H groups in total. The number of hydrogen-bond donors (Lipinski definition) is 1. The lowest BCUT2D eigenvalue weighted by Crippen LogP contribution is -1.99. The maximum absolute atomic E-state index is 13.5. The first-order chi connectivity index (χ1) is 9.10. The van der Waals surface area contributed by atoms with Crippen molar-refractivity contribution in [1.29, 1.82) is 0 Å². The van der Waals surface area contributed by atoms with Gasteiger partial charge in [0.2, 0.25) is 0 Å². The van der Waals surface area contributed by atoms with Gasteiger partial charge >= 0.3 is 0 Å². The summed E-state index contributed by atoms with van der Waals surface area (Å²) in [5, 5.41) is 9.78. The highest BCUT2D eigenvalue weighted by molar-refractivity contribution is 6.32. The molecule has 2 aromatic rings. The number of aliphatic hydroxyl groups is 1. The molecule has 5 heteroatoms. The molecule has 19 heavy (non-hydrogen) atoms. The third-order valence-corrected chi connectivity index (χ3v) is 3.10. The Hall–Kier alpha value is -1.29. The molecule has 0 atom stereocenters. The Labute approximate surface area is 120 Å². The molecule has 0 saturated heterocycles. The summed E-state index contributed by atoms with van der Waals surface area (Å²) in [4.78, 5) is 0. The molecule has 2 nitrogen and oxygen atoms in total. The fourth-order valence-electron chi connectivity index (χ4n) is 1.57. The zero-order valence-electron chi connectivity index (χ0n) is 9.87. The molecule has 0 spiro atoms. The number of ether oxygens (including phenoxy) is 1. The molecule has 2 aromatic carbocycles. The average molecular weight is 301 g/mol. The molecule has 0 heterocycles. The predicted octanol–water partition coefficient (Wildman–Crippen LogP) is 4.20. The van der Waals surface area contributed by atoms with Gasteiger partial charge in [-0.1, -0.05) is 29.3 Å². The Balaban J connectivity index is 2.12. The minimum Gasteiger partial charge on any atom is -0.487 e. The van der Waals surface area contributed by atoms with Crippen LogP contribution < -0.4 is 4.74 Å². The largest absolute Gasteiger partial charge is 0.487 e. The molecule has 100 valence electrons. The van der Waals surface area contributed by atoms with Crippen LogP contribution in [0, 0.1) is 5.82 Å². The maximum atomic E-state index is 13.5. The first kappa shape index (κ1) is 14.1.